The number of nitrogens with zero attached hydrogens (tertiary/aromatic N) is 1. The SMILES string of the molecule is COCCCOc1cc(C(=O)N(C(C)C)[C@@H]2CC[C@H](CCNC3CC3)NC2)ccc1OC. The molecule has 0 radical (unpaired) electrons. The van der Waals surface area contributed by atoms with Crippen molar-refractivity contribution in [2.75, 3.05) is 40.5 Å². The molecule has 180 valence electrons. The lowest BCUT2D eigenvalue weighted by Gasteiger charge is -2.40. The zero-order chi connectivity index (χ0) is 22.9. The van der Waals surface area contributed by atoms with Gasteiger partial charge in [-0.25, -0.2) is 0 Å². The standard InChI is InChI=1S/C25H41N3O4/c1-18(2)28(22-10-9-21(27-17-22)12-13-26-20-7-8-20)25(29)19-6-11-23(31-4)24(16-19)32-15-5-14-30-3/h6,11,16,18,20-22,26-27H,5,7-10,12-15,17H2,1-4H3/t21-,22-/m1/s1. The Morgan fingerprint density at radius 2 is 1.97 bits per heavy atom. The second-order valence-corrected chi connectivity index (χ2v) is 9.22. The molecule has 1 saturated carbocycles. The van der Waals surface area contributed by atoms with Gasteiger partial charge in [-0.2, -0.15) is 0 Å². The molecular weight excluding hydrogens is 406 g/mol. The molecule has 2 fully saturated rings. The molecule has 7 nitrogen and oxygen atoms in total. The number of benzene rings is 1. The summed E-state index contributed by atoms with van der Waals surface area (Å²) >= 11 is 0. The quantitative estimate of drug-likeness (QED) is 0.453. The minimum Gasteiger partial charge on any atom is -0.493 e. The predicted octanol–water partition coefficient (Wildman–Crippen LogP) is 3.22. The van der Waals surface area contributed by atoms with Crippen LogP contribution in [-0.4, -0.2) is 75.5 Å². The summed E-state index contributed by atoms with van der Waals surface area (Å²) in [7, 11) is 3.29. The number of hydrogen-bond donors (Lipinski definition) is 2. The molecule has 1 aromatic rings. The summed E-state index contributed by atoms with van der Waals surface area (Å²) in [5.41, 5.74) is 0.636. The Morgan fingerprint density at radius 1 is 1.16 bits per heavy atom. The second-order valence-electron chi connectivity index (χ2n) is 9.22. The molecule has 1 aliphatic carbocycles. The van der Waals surface area contributed by atoms with Crippen molar-refractivity contribution in [3.05, 3.63) is 23.8 Å². The molecule has 1 amide bonds. The Morgan fingerprint density at radius 3 is 2.59 bits per heavy atom. The number of carbonyl (C=O) groups is 1. The topological polar surface area (TPSA) is 72.1 Å². The molecule has 3 rings (SSSR count). The molecule has 1 aliphatic heterocycles. The van der Waals surface area contributed by atoms with E-state index in [1.807, 2.05) is 23.1 Å². The van der Waals surface area contributed by atoms with Gasteiger partial charge in [-0.1, -0.05) is 0 Å². The molecule has 2 N–H and O–H groups in total. The van der Waals surface area contributed by atoms with Crippen molar-refractivity contribution in [1.29, 1.82) is 0 Å². The van der Waals surface area contributed by atoms with E-state index in [0.29, 0.717) is 36.3 Å². The molecule has 1 heterocycles. The van der Waals surface area contributed by atoms with Crippen molar-refractivity contribution >= 4 is 5.91 Å². The van der Waals surface area contributed by atoms with Crippen molar-refractivity contribution in [2.45, 2.75) is 76.5 Å². The van der Waals surface area contributed by atoms with Gasteiger partial charge in [0.05, 0.1) is 13.7 Å². The molecule has 32 heavy (non-hydrogen) atoms. The van der Waals surface area contributed by atoms with E-state index in [1.165, 1.54) is 12.8 Å². The van der Waals surface area contributed by atoms with Gasteiger partial charge >= 0.3 is 0 Å². The Balaban J connectivity index is 1.60. The molecule has 2 aliphatic rings. The third-order valence-corrected chi connectivity index (χ3v) is 6.34. The minimum absolute atomic E-state index is 0.0463. The van der Waals surface area contributed by atoms with E-state index in [2.05, 4.69) is 24.5 Å². The molecule has 7 heteroatoms. The Kier molecular flexibility index (Phi) is 9.63. The Labute approximate surface area is 193 Å². The molecular formula is C25H41N3O4. The number of rotatable bonds is 13. The summed E-state index contributed by atoms with van der Waals surface area (Å²) < 4.78 is 16.4. The molecule has 0 unspecified atom stereocenters. The Hall–Kier alpha value is -1.83. The minimum atomic E-state index is 0.0463. The first kappa shape index (κ1) is 24.8. The molecule has 0 spiro atoms. The van der Waals surface area contributed by atoms with Crippen molar-refractivity contribution < 1.29 is 19.0 Å². The van der Waals surface area contributed by atoms with Crippen molar-refractivity contribution in [3.63, 3.8) is 0 Å². The first-order valence-electron chi connectivity index (χ1n) is 12.1. The lowest BCUT2D eigenvalue weighted by molar-refractivity contribution is 0.0552. The summed E-state index contributed by atoms with van der Waals surface area (Å²) in [5, 5.41) is 7.28. The first-order chi connectivity index (χ1) is 15.5. The van der Waals surface area contributed by atoms with Crippen LogP contribution < -0.4 is 20.1 Å². The highest BCUT2D eigenvalue weighted by Gasteiger charge is 2.31. The van der Waals surface area contributed by atoms with Crippen LogP contribution in [0.25, 0.3) is 0 Å². The first-order valence-corrected chi connectivity index (χ1v) is 12.1. The van der Waals surface area contributed by atoms with Gasteiger partial charge in [0.2, 0.25) is 0 Å². The number of ether oxygens (including phenoxy) is 3. The van der Waals surface area contributed by atoms with Crippen LogP contribution in [0.1, 0.15) is 62.7 Å². The van der Waals surface area contributed by atoms with Gasteiger partial charge in [-0.3, -0.25) is 4.79 Å². The molecule has 2 atom stereocenters. The van der Waals surface area contributed by atoms with Crippen molar-refractivity contribution in [1.82, 2.24) is 15.5 Å². The third kappa shape index (κ3) is 7.09. The summed E-state index contributed by atoms with van der Waals surface area (Å²) in [6, 6.07) is 7.08. The van der Waals surface area contributed by atoms with Crippen LogP contribution in [0, 0.1) is 0 Å². The highest BCUT2D eigenvalue weighted by Crippen LogP contribution is 2.30. The zero-order valence-corrected chi connectivity index (χ0v) is 20.2. The predicted molar refractivity (Wildman–Crippen MR) is 127 cm³/mol. The number of methoxy groups -OCH3 is 2. The van der Waals surface area contributed by atoms with Gasteiger partial charge < -0.3 is 29.7 Å². The van der Waals surface area contributed by atoms with Crippen LogP contribution in [-0.2, 0) is 4.74 Å². The monoisotopic (exact) mass is 447 g/mol. The lowest BCUT2D eigenvalue weighted by Crippen LogP contribution is -2.54. The number of nitrogens with one attached hydrogen (secondary N) is 2. The van der Waals surface area contributed by atoms with Crippen LogP contribution >= 0.6 is 0 Å². The maximum absolute atomic E-state index is 13.5. The van der Waals surface area contributed by atoms with Gasteiger partial charge in [0.1, 0.15) is 0 Å². The fraction of sp³-hybridized carbons (Fsp3) is 0.720. The van der Waals surface area contributed by atoms with Gasteiger partial charge in [0.15, 0.2) is 11.5 Å². The lowest BCUT2D eigenvalue weighted by atomic mass is 9.95. The van der Waals surface area contributed by atoms with Crippen LogP contribution in [0.15, 0.2) is 18.2 Å². The molecule has 0 bridgehead atoms. The fourth-order valence-electron chi connectivity index (χ4n) is 4.41. The summed E-state index contributed by atoms with van der Waals surface area (Å²) in [4.78, 5) is 15.6. The maximum Gasteiger partial charge on any atom is 0.254 e. The van der Waals surface area contributed by atoms with Crippen molar-refractivity contribution in [3.8, 4) is 11.5 Å². The van der Waals surface area contributed by atoms with Gasteiger partial charge in [-0.15, -0.1) is 0 Å². The third-order valence-electron chi connectivity index (χ3n) is 6.34. The number of amides is 1. The van der Waals surface area contributed by atoms with Crippen LogP contribution in [0.4, 0.5) is 0 Å². The number of hydrogen-bond acceptors (Lipinski definition) is 6. The van der Waals surface area contributed by atoms with E-state index in [1.54, 1.807) is 14.2 Å². The zero-order valence-electron chi connectivity index (χ0n) is 20.2. The molecule has 1 aromatic carbocycles. The van der Waals surface area contributed by atoms with E-state index in [4.69, 9.17) is 14.2 Å². The van der Waals surface area contributed by atoms with E-state index in [-0.39, 0.29) is 18.0 Å². The normalized spacial score (nSPS) is 20.9. The summed E-state index contributed by atoms with van der Waals surface area (Å²) in [5.74, 6) is 1.28. The van der Waals surface area contributed by atoms with Crippen LogP contribution in [0.2, 0.25) is 0 Å². The van der Waals surface area contributed by atoms with E-state index >= 15 is 0 Å². The fourth-order valence-corrected chi connectivity index (χ4v) is 4.41. The Bertz CT molecular complexity index is 715. The highest BCUT2D eigenvalue weighted by atomic mass is 16.5. The second kappa shape index (κ2) is 12.4. The summed E-state index contributed by atoms with van der Waals surface area (Å²) in [6.45, 7) is 7.26. The highest BCUT2D eigenvalue weighted by molar-refractivity contribution is 5.95. The number of piperidine rings is 1. The molecule has 0 aromatic heterocycles. The van der Waals surface area contributed by atoms with Gasteiger partial charge in [-0.05, 0) is 70.7 Å². The van der Waals surface area contributed by atoms with Crippen LogP contribution in [0.5, 0.6) is 11.5 Å². The van der Waals surface area contributed by atoms with E-state index in [0.717, 1.165) is 44.8 Å². The van der Waals surface area contributed by atoms with E-state index < -0.39 is 0 Å². The van der Waals surface area contributed by atoms with Gasteiger partial charge in [0.25, 0.3) is 5.91 Å². The smallest absolute Gasteiger partial charge is 0.254 e. The average Bonchev–Trinajstić information content (AvgIpc) is 3.62. The molecule has 1 saturated heterocycles. The summed E-state index contributed by atoms with van der Waals surface area (Å²) in [6.07, 6.45) is 6.72. The average molecular weight is 448 g/mol. The largest absolute Gasteiger partial charge is 0.493 e. The maximum atomic E-state index is 13.5. The number of carbonyl (C=O) groups excluding carboxylic acids is 1. The van der Waals surface area contributed by atoms with E-state index in [9.17, 15) is 4.79 Å². The van der Waals surface area contributed by atoms with Crippen LogP contribution in [0.3, 0.4) is 0 Å². The van der Waals surface area contributed by atoms with Crippen molar-refractivity contribution in [2.24, 2.45) is 0 Å². The van der Waals surface area contributed by atoms with Gasteiger partial charge in [0, 0.05) is 56.4 Å².